The number of carbonyl (C=O) groups excluding carboxylic acids is 1. The number of benzene rings is 1. The predicted octanol–water partition coefficient (Wildman–Crippen LogP) is 2.72. The Labute approximate surface area is 139 Å². The highest BCUT2D eigenvalue weighted by atomic mass is 16.6. The second kappa shape index (κ2) is 7.32. The van der Waals surface area contributed by atoms with Crippen LogP contribution in [-0.4, -0.2) is 48.9 Å². The van der Waals surface area contributed by atoms with Crippen LogP contribution in [-0.2, 0) is 16.0 Å². The summed E-state index contributed by atoms with van der Waals surface area (Å²) in [6.07, 6.45) is -0.299. The normalized spacial score (nSPS) is 21.5. The Balaban J connectivity index is 1.92. The van der Waals surface area contributed by atoms with E-state index in [1.807, 2.05) is 20.8 Å². The Morgan fingerprint density at radius 2 is 2.09 bits per heavy atom. The number of methoxy groups -OCH3 is 1. The van der Waals surface area contributed by atoms with Crippen LogP contribution in [0.15, 0.2) is 24.3 Å². The summed E-state index contributed by atoms with van der Waals surface area (Å²) in [6.45, 7) is 9.62. The number of hydrogen-bond acceptors (Lipinski definition) is 4. The molecule has 1 N–H and O–H groups in total. The first kappa shape index (κ1) is 17.8. The fraction of sp³-hybridized carbons (Fsp3) is 0.611. The lowest BCUT2D eigenvalue weighted by Gasteiger charge is -2.24. The Morgan fingerprint density at radius 1 is 1.35 bits per heavy atom. The first-order valence-corrected chi connectivity index (χ1v) is 8.08. The van der Waals surface area contributed by atoms with Crippen LogP contribution in [0, 0.1) is 6.92 Å². The van der Waals surface area contributed by atoms with Gasteiger partial charge in [-0.1, -0.05) is 29.8 Å². The molecule has 1 fully saturated rings. The molecule has 1 aliphatic heterocycles. The van der Waals surface area contributed by atoms with Gasteiger partial charge in [-0.3, -0.25) is 0 Å². The third-order valence-electron chi connectivity index (χ3n) is 3.87. The maximum Gasteiger partial charge on any atom is 0.410 e. The van der Waals surface area contributed by atoms with Gasteiger partial charge in [0.15, 0.2) is 0 Å². The smallest absolute Gasteiger partial charge is 0.410 e. The van der Waals surface area contributed by atoms with Crippen LogP contribution in [0.5, 0.6) is 0 Å². The van der Waals surface area contributed by atoms with E-state index in [9.17, 15) is 4.79 Å². The molecule has 1 aromatic carbocycles. The van der Waals surface area contributed by atoms with Gasteiger partial charge in [0.1, 0.15) is 5.60 Å². The molecule has 0 radical (unpaired) electrons. The van der Waals surface area contributed by atoms with E-state index < -0.39 is 5.60 Å². The van der Waals surface area contributed by atoms with Crippen LogP contribution in [0.25, 0.3) is 0 Å². The van der Waals surface area contributed by atoms with E-state index in [-0.39, 0.29) is 18.2 Å². The van der Waals surface area contributed by atoms with Gasteiger partial charge in [0.25, 0.3) is 0 Å². The Hall–Kier alpha value is -1.59. The third kappa shape index (κ3) is 5.22. The van der Waals surface area contributed by atoms with Crippen molar-refractivity contribution in [3.63, 3.8) is 0 Å². The van der Waals surface area contributed by atoms with Gasteiger partial charge in [0, 0.05) is 20.2 Å². The van der Waals surface area contributed by atoms with Crippen LogP contribution in [0.4, 0.5) is 4.79 Å². The summed E-state index contributed by atoms with van der Waals surface area (Å²) >= 11 is 0. The highest BCUT2D eigenvalue weighted by Crippen LogP contribution is 2.18. The van der Waals surface area contributed by atoms with Crippen molar-refractivity contribution in [2.75, 3.05) is 20.2 Å². The summed E-state index contributed by atoms with van der Waals surface area (Å²) in [5.74, 6) is 0. The highest BCUT2D eigenvalue weighted by molar-refractivity contribution is 5.68. The molecule has 2 atom stereocenters. The zero-order valence-corrected chi connectivity index (χ0v) is 14.8. The topological polar surface area (TPSA) is 50.8 Å². The lowest BCUT2D eigenvalue weighted by Crippen LogP contribution is -2.40. The number of carbonyl (C=O) groups is 1. The Morgan fingerprint density at radius 3 is 2.70 bits per heavy atom. The number of nitrogens with one attached hydrogen (secondary N) is 1. The van der Waals surface area contributed by atoms with E-state index in [4.69, 9.17) is 9.47 Å². The number of hydrogen-bond donors (Lipinski definition) is 1. The summed E-state index contributed by atoms with van der Waals surface area (Å²) in [5, 5.41) is 3.50. The molecular formula is C18H28N2O3. The lowest BCUT2D eigenvalue weighted by atomic mass is 10.1. The van der Waals surface area contributed by atoms with Gasteiger partial charge in [-0.05, 0) is 33.3 Å². The van der Waals surface area contributed by atoms with E-state index in [0.29, 0.717) is 13.1 Å². The van der Waals surface area contributed by atoms with Crippen molar-refractivity contribution in [2.24, 2.45) is 0 Å². The second-order valence-corrected chi connectivity index (χ2v) is 7.14. The molecule has 2 rings (SSSR count). The molecular weight excluding hydrogens is 292 g/mol. The first-order chi connectivity index (χ1) is 10.8. The molecule has 1 heterocycles. The minimum atomic E-state index is -0.479. The van der Waals surface area contributed by atoms with Crippen molar-refractivity contribution < 1.29 is 14.3 Å². The minimum Gasteiger partial charge on any atom is -0.444 e. The van der Waals surface area contributed by atoms with Crippen molar-refractivity contribution in [3.05, 3.63) is 35.4 Å². The van der Waals surface area contributed by atoms with Crippen LogP contribution >= 0.6 is 0 Å². The SMILES string of the molecule is CO[C@H]1CN(C(=O)OC(C)(C)C)CC1NCc1cccc(C)c1. The zero-order chi connectivity index (χ0) is 17.0. The zero-order valence-electron chi connectivity index (χ0n) is 14.8. The molecule has 0 saturated carbocycles. The van der Waals surface area contributed by atoms with E-state index in [0.717, 1.165) is 6.54 Å². The number of rotatable bonds is 4. The van der Waals surface area contributed by atoms with Gasteiger partial charge < -0.3 is 19.7 Å². The van der Waals surface area contributed by atoms with Crippen molar-refractivity contribution in [1.82, 2.24) is 10.2 Å². The number of likely N-dealkylation sites (tertiary alicyclic amines) is 1. The molecule has 0 spiro atoms. The quantitative estimate of drug-likeness (QED) is 0.927. The molecule has 1 unspecified atom stereocenters. The predicted molar refractivity (Wildman–Crippen MR) is 90.4 cm³/mol. The van der Waals surface area contributed by atoms with E-state index in [1.54, 1.807) is 12.0 Å². The molecule has 1 saturated heterocycles. The monoisotopic (exact) mass is 320 g/mol. The summed E-state index contributed by atoms with van der Waals surface area (Å²) in [7, 11) is 1.69. The largest absolute Gasteiger partial charge is 0.444 e. The van der Waals surface area contributed by atoms with Crippen molar-refractivity contribution in [3.8, 4) is 0 Å². The summed E-state index contributed by atoms with van der Waals surface area (Å²) in [6, 6.07) is 8.51. The van der Waals surface area contributed by atoms with E-state index >= 15 is 0 Å². The van der Waals surface area contributed by atoms with E-state index in [2.05, 4.69) is 36.5 Å². The molecule has 23 heavy (non-hydrogen) atoms. The second-order valence-electron chi connectivity index (χ2n) is 7.14. The molecule has 0 aliphatic carbocycles. The molecule has 0 bridgehead atoms. The summed E-state index contributed by atoms with van der Waals surface area (Å²) in [5.41, 5.74) is 2.00. The van der Waals surface area contributed by atoms with E-state index in [1.165, 1.54) is 11.1 Å². The first-order valence-electron chi connectivity index (χ1n) is 8.08. The third-order valence-corrected chi connectivity index (χ3v) is 3.87. The van der Waals surface area contributed by atoms with Gasteiger partial charge in [-0.2, -0.15) is 0 Å². The maximum atomic E-state index is 12.2. The number of ether oxygens (including phenoxy) is 2. The van der Waals surface area contributed by atoms with Gasteiger partial charge in [0.2, 0.25) is 0 Å². The number of nitrogens with zero attached hydrogens (tertiary/aromatic N) is 1. The average molecular weight is 320 g/mol. The fourth-order valence-electron chi connectivity index (χ4n) is 2.76. The van der Waals surface area contributed by atoms with Crippen LogP contribution in [0.1, 0.15) is 31.9 Å². The van der Waals surface area contributed by atoms with Crippen LogP contribution in [0.2, 0.25) is 0 Å². The summed E-state index contributed by atoms with van der Waals surface area (Å²) in [4.78, 5) is 13.9. The highest BCUT2D eigenvalue weighted by Gasteiger charge is 2.37. The lowest BCUT2D eigenvalue weighted by molar-refractivity contribution is 0.0252. The van der Waals surface area contributed by atoms with Gasteiger partial charge >= 0.3 is 6.09 Å². The molecule has 0 aromatic heterocycles. The summed E-state index contributed by atoms with van der Waals surface area (Å²) < 4.78 is 11.0. The maximum absolute atomic E-state index is 12.2. The number of amides is 1. The minimum absolute atomic E-state index is 0.0210. The Kier molecular flexibility index (Phi) is 5.65. The molecule has 1 aromatic rings. The van der Waals surface area contributed by atoms with Gasteiger partial charge in [-0.25, -0.2) is 4.79 Å². The molecule has 5 nitrogen and oxygen atoms in total. The number of aryl methyl sites for hydroxylation is 1. The molecule has 5 heteroatoms. The van der Waals surface area contributed by atoms with Gasteiger partial charge in [-0.15, -0.1) is 0 Å². The van der Waals surface area contributed by atoms with Crippen LogP contribution < -0.4 is 5.32 Å². The average Bonchev–Trinajstić information content (AvgIpc) is 2.87. The van der Waals surface area contributed by atoms with Crippen molar-refractivity contribution >= 4 is 6.09 Å². The molecule has 1 amide bonds. The van der Waals surface area contributed by atoms with Crippen molar-refractivity contribution in [1.29, 1.82) is 0 Å². The van der Waals surface area contributed by atoms with Crippen molar-refractivity contribution in [2.45, 2.75) is 52.0 Å². The molecule has 128 valence electrons. The fourth-order valence-corrected chi connectivity index (χ4v) is 2.76. The van der Waals surface area contributed by atoms with Crippen LogP contribution in [0.3, 0.4) is 0 Å². The standard InChI is InChI=1S/C18H28N2O3/c1-13-7-6-8-14(9-13)10-19-15-11-20(12-16(15)22-5)17(21)23-18(2,3)4/h6-9,15-16,19H,10-12H2,1-5H3/t15?,16-/m0/s1. The Bertz CT molecular complexity index is 539. The molecule has 1 aliphatic rings. The van der Waals surface area contributed by atoms with Gasteiger partial charge in [0.05, 0.1) is 18.7 Å².